The first-order valence-corrected chi connectivity index (χ1v) is 9.34. The highest BCUT2D eigenvalue weighted by Crippen LogP contribution is 2.29. The van der Waals surface area contributed by atoms with Crippen molar-refractivity contribution >= 4 is 38.1 Å². The molecule has 2 aromatic heterocycles. The molecule has 0 aromatic carbocycles. The number of hydrogen-bond acceptors (Lipinski definition) is 4. The third-order valence-electron chi connectivity index (χ3n) is 3.90. The number of hydrogen-bond donors (Lipinski definition) is 0. The fraction of sp³-hybridized carbons (Fsp3) is 0.500. The summed E-state index contributed by atoms with van der Waals surface area (Å²) in [5.74, 6) is 0. The molecule has 0 amide bonds. The Morgan fingerprint density at radius 3 is 2.76 bits per heavy atom. The van der Waals surface area contributed by atoms with Crippen LogP contribution in [0, 0.1) is 0 Å². The molecule has 1 aliphatic carbocycles. The number of rotatable bonds is 2. The summed E-state index contributed by atoms with van der Waals surface area (Å²) in [6.07, 6.45) is 8.63. The van der Waals surface area contributed by atoms with Gasteiger partial charge in [0, 0.05) is 28.8 Å². The van der Waals surface area contributed by atoms with Crippen LogP contribution in [0.5, 0.6) is 0 Å². The van der Waals surface area contributed by atoms with Gasteiger partial charge in [-0.05, 0) is 34.8 Å². The van der Waals surface area contributed by atoms with Gasteiger partial charge in [-0.3, -0.25) is 9.36 Å². The van der Waals surface area contributed by atoms with Crippen LogP contribution < -0.4 is 5.56 Å². The van der Waals surface area contributed by atoms with Crippen LogP contribution >= 0.6 is 15.9 Å². The van der Waals surface area contributed by atoms with E-state index in [1.807, 2.05) is 0 Å². The van der Waals surface area contributed by atoms with E-state index in [0.29, 0.717) is 10.1 Å². The second-order valence-corrected chi connectivity index (χ2v) is 7.47. The molecule has 21 heavy (non-hydrogen) atoms. The molecule has 1 aliphatic rings. The Hall–Kier alpha value is -0.920. The first-order valence-electron chi connectivity index (χ1n) is 6.99. The topological polar surface area (TPSA) is 70.8 Å². The largest absolute Gasteiger partial charge is 0.609 e. The molecule has 0 saturated heterocycles. The van der Waals surface area contributed by atoms with Gasteiger partial charge >= 0.3 is 5.16 Å². The highest BCUT2D eigenvalue weighted by Gasteiger charge is 2.22. The fourth-order valence-corrected chi connectivity index (χ4v) is 3.74. The van der Waals surface area contributed by atoms with Crippen molar-refractivity contribution in [1.29, 1.82) is 0 Å². The summed E-state index contributed by atoms with van der Waals surface area (Å²) in [7, 11) is 0. The Kier molecular flexibility index (Phi) is 4.33. The second-order valence-electron chi connectivity index (χ2n) is 5.34. The third-order valence-corrected chi connectivity index (χ3v) is 5.18. The summed E-state index contributed by atoms with van der Waals surface area (Å²) in [4.78, 5) is 21.0. The monoisotopic (exact) mass is 369 g/mol. The molecule has 5 nitrogen and oxygen atoms in total. The van der Waals surface area contributed by atoms with Crippen LogP contribution in [-0.2, 0) is 11.2 Å². The van der Waals surface area contributed by atoms with Crippen molar-refractivity contribution in [3.63, 3.8) is 0 Å². The minimum Gasteiger partial charge on any atom is -0.609 e. The average Bonchev–Trinajstić information content (AvgIpc) is 2.49. The van der Waals surface area contributed by atoms with Gasteiger partial charge in [-0.15, -0.1) is 0 Å². The van der Waals surface area contributed by atoms with E-state index in [4.69, 9.17) is 0 Å². The quantitative estimate of drug-likeness (QED) is 0.602. The molecule has 1 saturated carbocycles. The molecule has 7 heteroatoms. The molecule has 1 fully saturated rings. The molecular weight excluding hydrogens is 354 g/mol. The minimum atomic E-state index is -1.26. The summed E-state index contributed by atoms with van der Waals surface area (Å²) in [6.45, 7) is 0. The normalized spacial score (nSPS) is 18.0. The Morgan fingerprint density at radius 1 is 1.38 bits per heavy atom. The summed E-state index contributed by atoms with van der Waals surface area (Å²) in [5.41, 5.74) is 0.524. The summed E-state index contributed by atoms with van der Waals surface area (Å²) >= 11 is 2.07. The summed E-state index contributed by atoms with van der Waals surface area (Å²) < 4.78 is 13.9. The zero-order valence-corrected chi connectivity index (χ0v) is 14.1. The van der Waals surface area contributed by atoms with Crippen molar-refractivity contribution in [3.05, 3.63) is 27.1 Å². The molecule has 3 rings (SSSR count). The van der Waals surface area contributed by atoms with E-state index in [2.05, 4.69) is 25.9 Å². The number of pyridine rings is 1. The summed E-state index contributed by atoms with van der Waals surface area (Å²) in [5, 5.41) is 1.06. The molecule has 1 unspecified atom stereocenters. The maximum Gasteiger partial charge on any atom is 0.344 e. The minimum absolute atomic E-state index is 0.0686. The Bertz CT molecular complexity index is 726. The first kappa shape index (κ1) is 15.0. The van der Waals surface area contributed by atoms with Crippen molar-refractivity contribution in [2.45, 2.75) is 43.3 Å². The molecule has 0 bridgehead atoms. The predicted molar refractivity (Wildman–Crippen MR) is 86.0 cm³/mol. The lowest BCUT2D eigenvalue weighted by Gasteiger charge is -2.25. The zero-order valence-electron chi connectivity index (χ0n) is 11.7. The second kappa shape index (κ2) is 6.06. The molecule has 2 aromatic rings. The van der Waals surface area contributed by atoms with E-state index < -0.39 is 11.2 Å². The highest BCUT2D eigenvalue weighted by atomic mass is 79.9. The lowest BCUT2D eigenvalue weighted by molar-refractivity contribution is 0.352. The lowest BCUT2D eigenvalue weighted by Crippen LogP contribution is -2.28. The van der Waals surface area contributed by atoms with Gasteiger partial charge in [-0.25, -0.2) is 0 Å². The average molecular weight is 370 g/mol. The van der Waals surface area contributed by atoms with Crippen LogP contribution in [0.2, 0.25) is 0 Å². The van der Waals surface area contributed by atoms with Gasteiger partial charge in [-0.1, -0.05) is 19.3 Å². The molecular formula is C14H16BrN3O2S. The first-order chi connectivity index (χ1) is 10.1. The van der Waals surface area contributed by atoms with E-state index in [0.717, 1.165) is 31.1 Å². The van der Waals surface area contributed by atoms with Crippen molar-refractivity contribution in [2.75, 3.05) is 6.26 Å². The van der Waals surface area contributed by atoms with E-state index >= 15 is 0 Å². The van der Waals surface area contributed by atoms with Gasteiger partial charge in [0.25, 0.3) is 5.56 Å². The number of fused-ring (bicyclic) bond motifs is 1. The standard InChI is InChI=1S/C14H16BrN3O2S/c1-21(20)14-16-8-9-7-11(15)13(19)18(12(9)17-14)10-5-3-2-4-6-10/h7-8,10H,2-6H2,1H3. The van der Waals surface area contributed by atoms with E-state index in [1.54, 1.807) is 23.1 Å². The van der Waals surface area contributed by atoms with E-state index in [1.165, 1.54) is 6.42 Å². The van der Waals surface area contributed by atoms with Gasteiger partial charge in [0.2, 0.25) is 0 Å². The molecule has 0 spiro atoms. The Labute approximate surface area is 134 Å². The van der Waals surface area contributed by atoms with Crippen LogP contribution in [0.25, 0.3) is 11.0 Å². The molecule has 112 valence electrons. The van der Waals surface area contributed by atoms with Crippen LogP contribution in [0.3, 0.4) is 0 Å². The lowest BCUT2D eigenvalue weighted by atomic mass is 9.95. The van der Waals surface area contributed by atoms with Crippen LogP contribution in [0.4, 0.5) is 0 Å². The van der Waals surface area contributed by atoms with Crippen molar-refractivity contribution in [1.82, 2.24) is 14.5 Å². The zero-order chi connectivity index (χ0) is 15.0. The molecule has 1 atom stereocenters. The van der Waals surface area contributed by atoms with Crippen LogP contribution in [-0.4, -0.2) is 25.3 Å². The molecule has 0 radical (unpaired) electrons. The van der Waals surface area contributed by atoms with Crippen molar-refractivity contribution in [3.8, 4) is 0 Å². The number of nitrogens with zero attached hydrogens (tertiary/aromatic N) is 3. The van der Waals surface area contributed by atoms with Gasteiger partial charge < -0.3 is 4.55 Å². The summed E-state index contributed by atoms with van der Waals surface area (Å²) in [6, 6.07) is 1.90. The van der Waals surface area contributed by atoms with Crippen LogP contribution in [0.1, 0.15) is 38.1 Å². The van der Waals surface area contributed by atoms with Gasteiger partial charge in [0.15, 0.2) is 5.65 Å². The number of halogens is 1. The Morgan fingerprint density at radius 2 is 2.10 bits per heavy atom. The van der Waals surface area contributed by atoms with Gasteiger partial charge in [0.1, 0.15) is 6.26 Å². The van der Waals surface area contributed by atoms with Crippen LogP contribution in [0.15, 0.2) is 26.7 Å². The number of aromatic nitrogens is 3. The fourth-order valence-electron chi connectivity index (χ4n) is 2.89. The maximum atomic E-state index is 12.5. The molecule has 0 N–H and O–H groups in total. The maximum absolute atomic E-state index is 12.5. The van der Waals surface area contributed by atoms with Crippen molar-refractivity contribution in [2.24, 2.45) is 0 Å². The SMILES string of the molecule is C[S+]([O-])c1ncc2cc(Br)c(=O)n(C3CCCCC3)c2n1. The van der Waals surface area contributed by atoms with Crippen molar-refractivity contribution < 1.29 is 4.55 Å². The smallest absolute Gasteiger partial charge is 0.344 e. The third kappa shape index (κ3) is 2.86. The Balaban J connectivity index is 2.25. The van der Waals surface area contributed by atoms with Gasteiger partial charge in [-0.2, -0.15) is 9.97 Å². The molecule has 2 heterocycles. The van der Waals surface area contributed by atoms with Gasteiger partial charge in [0.05, 0.1) is 4.47 Å². The highest BCUT2D eigenvalue weighted by molar-refractivity contribution is 9.10. The molecule has 0 aliphatic heterocycles. The van der Waals surface area contributed by atoms with E-state index in [9.17, 15) is 9.35 Å². The predicted octanol–water partition coefficient (Wildman–Crippen LogP) is 2.80. The van der Waals surface area contributed by atoms with E-state index in [-0.39, 0.29) is 16.8 Å².